The van der Waals surface area contributed by atoms with Crippen LogP contribution in [-0.2, 0) is 24.0 Å². The molecule has 0 aromatic heterocycles. The van der Waals surface area contributed by atoms with E-state index in [1.165, 1.54) is 6.92 Å². The molecule has 0 unspecified atom stereocenters. The van der Waals surface area contributed by atoms with Crippen molar-refractivity contribution in [2.45, 2.75) is 111 Å². The van der Waals surface area contributed by atoms with Crippen molar-refractivity contribution in [2.24, 2.45) is 0 Å². The Hall–Kier alpha value is -3.97. The SMILES string of the molecule is CC.CC(=O)N(O)CCCCCNC(=O)CCC(=O)N(O)CCCCCNC(=O)CCC(=O)N(O)CCCCCNC(=S)Nc1ccc(NC(C)=S)cc1. The number of benzene rings is 1. The Balaban J connectivity index is 0.0000138. The first kappa shape index (κ1) is 50.0. The van der Waals surface area contributed by atoms with Crippen molar-refractivity contribution in [1.29, 1.82) is 0 Å². The highest BCUT2D eigenvalue weighted by Gasteiger charge is 2.14. The van der Waals surface area contributed by atoms with Gasteiger partial charge in [0.15, 0.2) is 5.11 Å². The number of carbonyl (C=O) groups is 5. The number of nitrogens with zero attached hydrogens (tertiary/aromatic N) is 3. The number of thiocarbonyl (C=S) groups is 2. The Morgan fingerprint density at radius 3 is 1.30 bits per heavy atom. The summed E-state index contributed by atoms with van der Waals surface area (Å²) in [5.74, 6) is -2.12. The Labute approximate surface area is 330 Å². The predicted molar refractivity (Wildman–Crippen MR) is 216 cm³/mol. The van der Waals surface area contributed by atoms with Crippen molar-refractivity contribution in [1.82, 2.24) is 31.1 Å². The van der Waals surface area contributed by atoms with Crippen LogP contribution in [0.2, 0.25) is 0 Å². The van der Waals surface area contributed by atoms with E-state index in [2.05, 4.69) is 26.6 Å². The Morgan fingerprint density at radius 1 is 0.537 bits per heavy atom. The molecule has 0 radical (unpaired) electrons. The van der Waals surface area contributed by atoms with Crippen LogP contribution in [0.4, 0.5) is 11.4 Å². The molecule has 306 valence electrons. The number of rotatable bonds is 26. The third-order valence-electron chi connectivity index (χ3n) is 7.60. The highest BCUT2D eigenvalue weighted by Crippen LogP contribution is 2.13. The Kier molecular flexibility index (Phi) is 29.1. The van der Waals surface area contributed by atoms with Crippen LogP contribution in [0.1, 0.15) is 111 Å². The minimum Gasteiger partial charge on any atom is -0.362 e. The molecule has 5 amide bonds. The molecular formula is C36H62N8O8S2. The van der Waals surface area contributed by atoms with Crippen LogP contribution >= 0.6 is 24.4 Å². The van der Waals surface area contributed by atoms with Crippen LogP contribution in [0.15, 0.2) is 24.3 Å². The summed E-state index contributed by atoms with van der Waals surface area (Å²) in [4.78, 5) is 59.9. The molecule has 0 saturated heterocycles. The number of anilines is 2. The van der Waals surface area contributed by atoms with E-state index in [4.69, 9.17) is 24.4 Å². The van der Waals surface area contributed by atoms with Crippen molar-refractivity contribution in [3.63, 3.8) is 0 Å². The topological polar surface area (TPSA) is 216 Å². The monoisotopic (exact) mass is 798 g/mol. The lowest BCUT2D eigenvalue weighted by molar-refractivity contribution is -0.166. The van der Waals surface area contributed by atoms with Gasteiger partial charge in [0.1, 0.15) is 0 Å². The van der Waals surface area contributed by atoms with E-state index in [0.29, 0.717) is 89.9 Å². The number of unbranched alkanes of at least 4 members (excludes halogenated alkanes) is 6. The molecule has 0 aliphatic carbocycles. The highest BCUT2D eigenvalue weighted by atomic mass is 32.1. The van der Waals surface area contributed by atoms with Gasteiger partial charge in [-0.25, -0.2) is 15.2 Å². The molecule has 0 fully saturated rings. The van der Waals surface area contributed by atoms with Crippen LogP contribution in [0.25, 0.3) is 0 Å². The van der Waals surface area contributed by atoms with Gasteiger partial charge in [-0.05, 0) is 101 Å². The number of nitrogens with one attached hydrogen (secondary N) is 5. The summed E-state index contributed by atoms with van der Waals surface area (Å²) < 4.78 is 0. The quantitative estimate of drug-likeness (QED) is 0.0276. The molecule has 0 spiro atoms. The van der Waals surface area contributed by atoms with E-state index in [0.717, 1.165) is 24.2 Å². The molecule has 1 aromatic rings. The highest BCUT2D eigenvalue weighted by molar-refractivity contribution is 7.80. The van der Waals surface area contributed by atoms with Gasteiger partial charge in [0.25, 0.3) is 0 Å². The zero-order chi connectivity index (χ0) is 40.7. The summed E-state index contributed by atoms with van der Waals surface area (Å²) in [7, 11) is 0. The summed E-state index contributed by atoms with van der Waals surface area (Å²) in [6.45, 7) is 8.99. The minimum atomic E-state index is -0.557. The molecule has 0 atom stereocenters. The zero-order valence-corrected chi connectivity index (χ0v) is 33.9. The van der Waals surface area contributed by atoms with Crippen molar-refractivity contribution in [3.05, 3.63) is 24.3 Å². The first-order valence-electron chi connectivity index (χ1n) is 18.7. The van der Waals surface area contributed by atoms with Crippen LogP contribution in [-0.4, -0.2) is 110 Å². The first-order chi connectivity index (χ1) is 25.8. The lowest BCUT2D eigenvalue weighted by atomic mass is 10.2. The van der Waals surface area contributed by atoms with Crippen LogP contribution in [0.3, 0.4) is 0 Å². The van der Waals surface area contributed by atoms with Crippen molar-refractivity contribution in [2.75, 3.05) is 49.9 Å². The maximum absolute atomic E-state index is 12.2. The first-order valence-corrected chi connectivity index (χ1v) is 19.5. The van der Waals surface area contributed by atoms with E-state index in [9.17, 15) is 39.6 Å². The summed E-state index contributed by atoms with van der Waals surface area (Å²) in [5.41, 5.74) is 1.74. The van der Waals surface area contributed by atoms with Gasteiger partial charge in [-0.15, -0.1) is 0 Å². The molecule has 8 N–H and O–H groups in total. The molecular weight excluding hydrogens is 737 g/mol. The van der Waals surface area contributed by atoms with E-state index in [1.54, 1.807) is 0 Å². The van der Waals surface area contributed by atoms with Gasteiger partial charge in [0.2, 0.25) is 29.5 Å². The molecule has 16 nitrogen and oxygen atoms in total. The average Bonchev–Trinajstić information content (AvgIpc) is 3.14. The average molecular weight is 799 g/mol. The molecule has 18 heteroatoms. The van der Waals surface area contributed by atoms with Gasteiger partial charge in [-0.1, -0.05) is 26.1 Å². The standard InChI is InChI=1S/C34H56N8O8S2.C2H6/c1-26(51)38-28-12-14-29(15-13-28)39-34(52)37-22-8-5-11-25-42(50)33(47)19-17-31(45)36-21-7-4-10-24-41(49)32(46)18-16-30(44)35-20-6-3-9-23-40(48)27(2)43;1-2/h12-15,48-50H,3-11,16-25H2,1-2H3,(H,35,44)(H,36,45)(H,38,51)(H2,37,39,52);1-2H3. The van der Waals surface area contributed by atoms with Crippen molar-refractivity contribution < 1.29 is 39.6 Å². The molecule has 0 aliphatic rings. The molecule has 54 heavy (non-hydrogen) atoms. The number of hydrogen-bond acceptors (Lipinski definition) is 10. The van der Waals surface area contributed by atoms with Gasteiger partial charge < -0.3 is 26.6 Å². The van der Waals surface area contributed by atoms with Crippen molar-refractivity contribution in [3.8, 4) is 0 Å². The second-order valence-electron chi connectivity index (χ2n) is 12.2. The number of hydroxylamine groups is 6. The van der Waals surface area contributed by atoms with Crippen LogP contribution in [0.5, 0.6) is 0 Å². The molecule has 1 aromatic carbocycles. The van der Waals surface area contributed by atoms with Gasteiger partial charge in [0, 0.05) is 83.3 Å². The molecule has 0 saturated carbocycles. The smallest absolute Gasteiger partial charge is 0.246 e. The van der Waals surface area contributed by atoms with Crippen molar-refractivity contribution >= 4 is 75.4 Å². The van der Waals surface area contributed by atoms with Crippen LogP contribution in [0, 0.1) is 0 Å². The summed E-state index contributed by atoms with van der Waals surface area (Å²) >= 11 is 10.4. The summed E-state index contributed by atoms with van der Waals surface area (Å²) in [6, 6.07) is 7.57. The lowest BCUT2D eigenvalue weighted by Crippen LogP contribution is -2.31. The Morgan fingerprint density at radius 2 is 0.907 bits per heavy atom. The largest absolute Gasteiger partial charge is 0.362 e. The maximum atomic E-state index is 12.2. The van der Waals surface area contributed by atoms with Gasteiger partial charge >= 0.3 is 0 Å². The summed E-state index contributed by atoms with van der Waals surface area (Å²) in [5, 5.41) is 46.4. The third kappa shape index (κ3) is 26.7. The van der Waals surface area contributed by atoms with E-state index in [-0.39, 0.29) is 57.1 Å². The Bertz CT molecular complexity index is 1290. The zero-order valence-electron chi connectivity index (χ0n) is 32.3. The van der Waals surface area contributed by atoms with E-state index in [1.807, 2.05) is 45.0 Å². The number of amides is 5. The van der Waals surface area contributed by atoms with E-state index < -0.39 is 17.7 Å². The lowest BCUT2D eigenvalue weighted by Gasteiger charge is -2.15. The normalized spacial score (nSPS) is 10.2. The van der Waals surface area contributed by atoms with E-state index >= 15 is 0 Å². The molecule has 0 bridgehead atoms. The minimum absolute atomic E-state index is 0.0500. The van der Waals surface area contributed by atoms with Gasteiger partial charge in [0.05, 0.1) is 4.99 Å². The van der Waals surface area contributed by atoms with Gasteiger partial charge in [-0.3, -0.25) is 39.6 Å². The number of carbonyl (C=O) groups excluding carboxylic acids is 5. The van der Waals surface area contributed by atoms with Crippen LogP contribution < -0.4 is 26.6 Å². The molecule has 1 rings (SSSR count). The predicted octanol–water partition coefficient (Wildman–Crippen LogP) is 4.74. The molecule has 0 heterocycles. The maximum Gasteiger partial charge on any atom is 0.246 e. The molecule has 0 aliphatic heterocycles. The van der Waals surface area contributed by atoms with Gasteiger partial charge in [-0.2, -0.15) is 0 Å². The second kappa shape index (κ2) is 31.4. The third-order valence-corrected chi connectivity index (χ3v) is 7.95. The summed E-state index contributed by atoms with van der Waals surface area (Å²) in [6.07, 6.45) is 5.51. The number of hydrogen-bond donors (Lipinski definition) is 8. The fourth-order valence-corrected chi connectivity index (χ4v) is 4.98. The fourth-order valence-electron chi connectivity index (χ4n) is 4.65. The second-order valence-corrected chi connectivity index (χ2v) is 13.2. The fraction of sp³-hybridized carbons (Fsp3) is 0.639.